The molecule has 0 amide bonds. The average Bonchev–Trinajstić information content (AvgIpc) is 1.63. The highest BCUT2D eigenvalue weighted by Gasteiger charge is 2.26. The van der Waals surface area contributed by atoms with Crippen molar-refractivity contribution in [1.29, 1.82) is 0 Å². The topological polar surface area (TPSA) is 29.5 Å². The van der Waals surface area contributed by atoms with E-state index in [2.05, 4.69) is 4.74 Å². The predicted molar refractivity (Wildman–Crippen MR) is 23.7 cm³/mol. The van der Waals surface area contributed by atoms with E-state index in [0.29, 0.717) is 0 Å². The van der Waals surface area contributed by atoms with Crippen LogP contribution in [0.1, 0.15) is 6.42 Å². The van der Waals surface area contributed by atoms with Crippen molar-refractivity contribution >= 4 is 0 Å². The Morgan fingerprint density at radius 1 is 1.33 bits per heavy atom. The summed E-state index contributed by atoms with van der Waals surface area (Å²) in [6, 6.07) is 0. The smallest absolute Gasteiger partial charge is 0.371 e. The van der Waals surface area contributed by atoms with Crippen LogP contribution in [0.15, 0.2) is 0 Å². The molecular weight excluding hydrogens is 137 g/mol. The van der Waals surface area contributed by atoms with Crippen LogP contribution >= 0.6 is 0 Å². The minimum Gasteiger partial charge on any atom is -0.371 e. The number of rotatable bonds is 3. The summed E-state index contributed by atoms with van der Waals surface area (Å²) in [7, 11) is 0. The van der Waals surface area contributed by atoms with Crippen LogP contribution in [0, 0.1) is 0 Å². The molecule has 0 saturated carbocycles. The first-order valence-electron chi connectivity index (χ1n) is 2.31. The molecule has 0 atom stereocenters. The van der Waals surface area contributed by atoms with Gasteiger partial charge in [0, 0.05) is 0 Å². The molecule has 1 N–H and O–H groups in total. The second-order valence-electron chi connectivity index (χ2n) is 1.40. The van der Waals surface area contributed by atoms with Gasteiger partial charge in [-0.15, -0.1) is 0 Å². The zero-order valence-corrected chi connectivity index (χ0v) is 4.61. The van der Waals surface area contributed by atoms with E-state index in [9.17, 15) is 13.2 Å². The van der Waals surface area contributed by atoms with Crippen LogP contribution in [0.5, 0.6) is 0 Å². The Morgan fingerprint density at radius 3 is 2.22 bits per heavy atom. The highest BCUT2D eigenvalue weighted by Crippen LogP contribution is 2.18. The quantitative estimate of drug-likeness (QED) is 0.471. The first-order chi connectivity index (χ1) is 4.06. The van der Waals surface area contributed by atoms with Crippen LogP contribution in [0.3, 0.4) is 0 Å². The fourth-order valence-corrected chi connectivity index (χ4v) is 0.252. The minimum absolute atomic E-state index is 0.472. The van der Waals surface area contributed by atoms with Gasteiger partial charge >= 0.3 is 6.18 Å². The third-order valence-electron chi connectivity index (χ3n) is 0.621. The number of hydrogen-bond acceptors (Lipinski definition) is 2. The van der Waals surface area contributed by atoms with Crippen molar-refractivity contribution in [2.45, 2.75) is 12.6 Å². The molecule has 56 valence electrons. The molecule has 0 fully saturated rings. The summed E-state index contributed by atoms with van der Waals surface area (Å²) in [5, 5.41) is 7.87. The third kappa shape index (κ3) is 7.71. The Bertz CT molecular complexity index is 70.7. The zero-order valence-electron chi connectivity index (χ0n) is 4.61. The van der Waals surface area contributed by atoms with Crippen molar-refractivity contribution in [1.82, 2.24) is 0 Å². The first-order valence-corrected chi connectivity index (χ1v) is 2.31. The van der Waals surface area contributed by atoms with E-state index in [-0.39, 0.29) is 0 Å². The van der Waals surface area contributed by atoms with Gasteiger partial charge in [-0.25, -0.2) is 0 Å². The maximum atomic E-state index is 11.2. The number of halogens is 3. The highest BCUT2D eigenvalue weighted by atomic mass is 19.4. The van der Waals surface area contributed by atoms with Crippen LogP contribution in [0.4, 0.5) is 13.2 Å². The Labute approximate surface area is 50.2 Å². The molecule has 0 bridgehead atoms. The lowest BCUT2D eigenvalue weighted by atomic mass is 10.4. The molecule has 0 aliphatic rings. The first kappa shape index (κ1) is 8.71. The van der Waals surface area contributed by atoms with Gasteiger partial charge in [0.15, 0.2) is 0 Å². The normalized spacial score (nSPS) is 12.0. The van der Waals surface area contributed by atoms with Crippen molar-refractivity contribution in [3.8, 4) is 0 Å². The van der Waals surface area contributed by atoms with Gasteiger partial charge in [0.2, 0.25) is 0 Å². The summed E-state index contributed by atoms with van der Waals surface area (Å²) in [5.74, 6) is 0. The third-order valence-corrected chi connectivity index (χ3v) is 0.621. The van der Waals surface area contributed by atoms with Crippen molar-refractivity contribution in [3.05, 3.63) is 0 Å². The number of hydrogen-bond donors (Lipinski definition) is 1. The zero-order chi connectivity index (χ0) is 7.33. The molecule has 0 aromatic carbocycles. The molecule has 0 unspecified atom stereocenters. The molecule has 0 spiro atoms. The number of aliphatic hydroxyl groups excluding tert-OH is 1. The molecule has 0 radical (unpaired) electrons. The summed E-state index contributed by atoms with van der Waals surface area (Å²) in [6.07, 6.45) is -5.19. The van der Waals surface area contributed by atoms with E-state index in [1.807, 2.05) is 0 Å². The summed E-state index contributed by atoms with van der Waals surface area (Å²) in [4.78, 5) is 0. The Hall–Kier alpha value is -0.290. The fraction of sp³-hybridized carbons (Fsp3) is 1.00. The lowest BCUT2D eigenvalue weighted by molar-refractivity contribution is -0.151. The Balaban J connectivity index is 3.07. The predicted octanol–water partition coefficient (Wildman–Crippen LogP) is 0.905. The molecule has 0 heterocycles. The largest absolute Gasteiger partial charge is 0.391 e. The Morgan fingerprint density at radius 2 is 1.89 bits per heavy atom. The summed E-state index contributed by atoms with van der Waals surface area (Å²) in [6.45, 7) is -1.13. The lowest BCUT2D eigenvalue weighted by Gasteiger charge is -2.03. The second-order valence-corrected chi connectivity index (χ2v) is 1.40. The maximum absolute atomic E-state index is 11.2. The van der Waals surface area contributed by atoms with Gasteiger partial charge in [-0.05, 0) is 0 Å². The highest BCUT2D eigenvalue weighted by molar-refractivity contribution is 4.46. The molecule has 0 aromatic heterocycles. The van der Waals surface area contributed by atoms with E-state index >= 15 is 0 Å². The van der Waals surface area contributed by atoms with Crippen LogP contribution in [-0.2, 0) is 4.74 Å². The summed E-state index contributed by atoms with van der Waals surface area (Å²) < 4.78 is 37.7. The van der Waals surface area contributed by atoms with Crippen molar-refractivity contribution < 1.29 is 23.0 Å². The molecule has 5 heteroatoms. The van der Waals surface area contributed by atoms with Gasteiger partial charge in [-0.2, -0.15) is 13.2 Å². The molecule has 0 saturated heterocycles. The van der Waals surface area contributed by atoms with E-state index in [1.165, 1.54) is 0 Å². The summed E-state index contributed by atoms with van der Waals surface area (Å²) >= 11 is 0. The van der Waals surface area contributed by atoms with Gasteiger partial charge in [0.05, 0.1) is 13.0 Å². The van der Waals surface area contributed by atoms with E-state index in [0.717, 1.165) is 0 Å². The van der Waals surface area contributed by atoms with Gasteiger partial charge in [-0.3, -0.25) is 0 Å². The van der Waals surface area contributed by atoms with Crippen LogP contribution in [0.25, 0.3) is 0 Å². The number of alkyl halides is 3. The summed E-state index contributed by atoms with van der Waals surface area (Å²) in [5.41, 5.74) is 0. The molecule has 0 aromatic rings. The van der Waals surface area contributed by atoms with Crippen LogP contribution in [-0.4, -0.2) is 24.7 Å². The molecular formula is C4H7F3O2. The van der Waals surface area contributed by atoms with Crippen molar-refractivity contribution in [2.24, 2.45) is 0 Å². The number of ether oxygens (including phenoxy) is 1. The molecule has 9 heavy (non-hydrogen) atoms. The van der Waals surface area contributed by atoms with Crippen molar-refractivity contribution in [2.75, 3.05) is 13.4 Å². The second kappa shape index (κ2) is 3.68. The minimum atomic E-state index is -4.19. The van der Waals surface area contributed by atoms with Gasteiger partial charge < -0.3 is 9.84 Å². The average molecular weight is 144 g/mol. The van der Waals surface area contributed by atoms with E-state index in [1.54, 1.807) is 0 Å². The van der Waals surface area contributed by atoms with E-state index < -0.39 is 26.0 Å². The van der Waals surface area contributed by atoms with Crippen LogP contribution < -0.4 is 0 Å². The van der Waals surface area contributed by atoms with Gasteiger partial charge in [0.1, 0.15) is 6.79 Å². The maximum Gasteiger partial charge on any atom is 0.391 e. The Kier molecular flexibility index (Phi) is 3.56. The van der Waals surface area contributed by atoms with Gasteiger partial charge in [0.25, 0.3) is 0 Å². The van der Waals surface area contributed by atoms with Crippen molar-refractivity contribution in [3.63, 3.8) is 0 Å². The number of aliphatic hydroxyl groups is 1. The lowest BCUT2D eigenvalue weighted by Crippen LogP contribution is -2.11. The van der Waals surface area contributed by atoms with E-state index in [4.69, 9.17) is 5.11 Å². The van der Waals surface area contributed by atoms with Crippen LogP contribution in [0.2, 0.25) is 0 Å². The molecule has 0 aliphatic heterocycles. The van der Waals surface area contributed by atoms with Gasteiger partial charge in [-0.1, -0.05) is 0 Å². The standard InChI is InChI=1S/C4H7F3O2/c5-4(6,7)1-2-9-3-8/h8H,1-3H2. The fourth-order valence-electron chi connectivity index (χ4n) is 0.252. The molecule has 0 rings (SSSR count). The monoisotopic (exact) mass is 144 g/mol. The molecule has 0 aliphatic carbocycles. The SMILES string of the molecule is OCOCCC(F)(F)F. The molecule has 2 nitrogen and oxygen atoms in total.